The lowest BCUT2D eigenvalue weighted by Gasteiger charge is -2.29. The fourth-order valence-electron chi connectivity index (χ4n) is 2.42. The number of ether oxygens (including phenoxy) is 1. The molecule has 0 radical (unpaired) electrons. The Labute approximate surface area is 114 Å². The van der Waals surface area contributed by atoms with Gasteiger partial charge in [-0.25, -0.2) is 0 Å². The zero-order chi connectivity index (χ0) is 13.7. The zero-order valence-electron chi connectivity index (χ0n) is 11.7. The molecule has 0 amide bonds. The minimum absolute atomic E-state index is 0.0187. The molecule has 1 unspecified atom stereocenters. The van der Waals surface area contributed by atoms with Gasteiger partial charge in [-0.05, 0) is 12.1 Å². The number of nitrogens with zero attached hydrogens (tertiary/aromatic N) is 1. The molecule has 19 heavy (non-hydrogen) atoms. The molecular weight excluding hydrogens is 240 g/mol. The van der Waals surface area contributed by atoms with E-state index in [0.29, 0.717) is 0 Å². The van der Waals surface area contributed by atoms with Crippen LogP contribution in [0.4, 0.5) is 0 Å². The summed E-state index contributed by atoms with van der Waals surface area (Å²) in [5, 5.41) is 3.32. The number of piperazine rings is 1. The lowest BCUT2D eigenvalue weighted by molar-refractivity contribution is 0.0887. The van der Waals surface area contributed by atoms with E-state index in [1.54, 1.807) is 7.11 Å². The Bertz CT molecular complexity index is 428. The highest BCUT2D eigenvalue weighted by Crippen LogP contribution is 2.16. The normalized spacial score (nSPS) is 18.0. The van der Waals surface area contributed by atoms with Crippen LogP contribution >= 0.6 is 0 Å². The number of benzene rings is 1. The summed E-state index contributed by atoms with van der Waals surface area (Å²) < 4.78 is 5.16. The number of Topliss-reactive ketones (excluding diaryl/α,β-unsaturated/α-hetero) is 1. The smallest absolute Gasteiger partial charge is 0.167 e. The number of nitrogens with one attached hydrogen (secondary N) is 1. The average Bonchev–Trinajstić information content (AvgIpc) is 2.47. The molecule has 1 saturated heterocycles. The molecule has 1 heterocycles. The van der Waals surface area contributed by atoms with Crippen molar-refractivity contribution in [1.82, 2.24) is 10.2 Å². The first kappa shape index (κ1) is 14.0. The van der Waals surface area contributed by atoms with E-state index in [1.807, 2.05) is 31.2 Å². The van der Waals surface area contributed by atoms with Gasteiger partial charge >= 0.3 is 0 Å². The Morgan fingerprint density at radius 1 is 1.42 bits per heavy atom. The molecule has 4 nitrogen and oxygen atoms in total. The van der Waals surface area contributed by atoms with Crippen molar-refractivity contribution in [2.24, 2.45) is 5.92 Å². The first-order chi connectivity index (χ1) is 9.20. The SMILES string of the molecule is COc1cccc(C(=O)C(C)CN2CCNCC2)c1. The second kappa shape index (κ2) is 6.68. The third kappa shape index (κ3) is 3.78. The fraction of sp³-hybridized carbons (Fsp3) is 0.533. The predicted molar refractivity (Wildman–Crippen MR) is 75.8 cm³/mol. The van der Waals surface area contributed by atoms with Crippen LogP contribution in [0.2, 0.25) is 0 Å². The van der Waals surface area contributed by atoms with Gasteiger partial charge in [-0.15, -0.1) is 0 Å². The quantitative estimate of drug-likeness (QED) is 0.815. The highest BCUT2D eigenvalue weighted by Gasteiger charge is 2.20. The van der Waals surface area contributed by atoms with Gasteiger partial charge in [0.1, 0.15) is 5.75 Å². The first-order valence-electron chi connectivity index (χ1n) is 6.82. The van der Waals surface area contributed by atoms with E-state index in [2.05, 4.69) is 10.2 Å². The van der Waals surface area contributed by atoms with Crippen LogP contribution in [0.1, 0.15) is 17.3 Å². The molecule has 1 aromatic rings. The second-order valence-corrected chi connectivity index (χ2v) is 5.05. The predicted octanol–water partition coefficient (Wildman–Crippen LogP) is 1.42. The van der Waals surface area contributed by atoms with Crippen molar-refractivity contribution in [2.75, 3.05) is 39.8 Å². The van der Waals surface area contributed by atoms with Crippen molar-refractivity contribution in [3.63, 3.8) is 0 Å². The highest BCUT2D eigenvalue weighted by atomic mass is 16.5. The zero-order valence-corrected chi connectivity index (χ0v) is 11.7. The summed E-state index contributed by atoms with van der Waals surface area (Å²) in [4.78, 5) is 14.7. The Morgan fingerprint density at radius 3 is 2.84 bits per heavy atom. The van der Waals surface area contributed by atoms with Gasteiger partial charge in [0.05, 0.1) is 7.11 Å². The number of methoxy groups -OCH3 is 1. The van der Waals surface area contributed by atoms with Crippen molar-refractivity contribution >= 4 is 5.78 Å². The number of hydrogen-bond acceptors (Lipinski definition) is 4. The number of rotatable bonds is 5. The largest absolute Gasteiger partial charge is 0.497 e. The Hall–Kier alpha value is -1.39. The molecule has 0 aliphatic carbocycles. The van der Waals surface area contributed by atoms with E-state index in [0.717, 1.165) is 44.0 Å². The lowest BCUT2D eigenvalue weighted by Crippen LogP contribution is -2.45. The first-order valence-corrected chi connectivity index (χ1v) is 6.82. The Kier molecular flexibility index (Phi) is 4.93. The molecule has 1 aromatic carbocycles. The van der Waals surface area contributed by atoms with Gasteiger partial charge in [0.25, 0.3) is 0 Å². The van der Waals surface area contributed by atoms with Crippen LogP contribution in [0, 0.1) is 5.92 Å². The van der Waals surface area contributed by atoms with Gasteiger partial charge in [-0.2, -0.15) is 0 Å². The van der Waals surface area contributed by atoms with Gasteiger partial charge < -0.3 is 15.0 Å². The van der Waals surface area contributed by atoms with E-state index >= 15 is 0 Å². The number of carbonyl (C=O) groups excluding carboxylic acids is 1. The summed E-state index contributed by atoms with van der Waals surface area (Å²) in [5.74, 6) is 0.947. The average molecular weight is 262 g/mol. The summed E-state index contributed by atoms with van der Waals surface area (Å²) in [6.07, 6.45) is 0. The summed E-state index contributed by atoms with van der Waals surface area (Å²) in [6, 6.07) is 7.40. The fourth-order valence-corrected chi connectivity index (χ4v) is 2.42. The molecule has 0 bridgehead atoms. The van der Waals surface area contributed by atoms with Crippen LogP contribution in [0.3, 0.4) is 0 Å². The van der Waals surface area contributed by atoms with Crippen LogP contribution < -0.4 is 10.1 Å². The molecule has 0 spiro atoms. The van der Waals surface area contributed by atoms with Crippen molar-refractivity contribution < 1.29 is 9.53 Å². The number of carbonyl (C=O) groups is 1. The lowest BCUT2D eigenvalue weighted by atomic mass is 9.98. The van der Waals surface area contributed by atoms with E-state index in [4.69, 9.17) is 4.74 Å². The monoisotopic (exact) mass is 262 g/mol. The minimum Gasteiger partial charge on any atom is -0.497 e. The topological polar surface area (TPSA) is 41.6 Å². The van der Waals surface area contributed by atoms with Crippen molar-refractivity contribution in [3.05, 3.63) is 29.8 Å². The van der Waals surface area contributed by atoms with Gasteiger partial charge in [-0.3, -0.25) is 4.79 Å². The minimum atomic E-state index is 0.0187. The third-order valence-corrected chi connectivity index (χ3v) is 3.54. The maximum Gasteiger partial charge on any atom is 0.167 e. The summed E-state index contributed by atoms with van der Waals surface area (Å²) >= 11 is 0. The Balaban J connectivity index is 1.97. The van der Waals surface area contributed by atoms with Crippen molar-refractivity contribution in [1.29, 1.82) is 0 Å². The molecule has 0 aromatic heterocycles. The van der Waals surface area contributed by atoms with E-state index < -0.39 is 0 Å². The summed E-state index contributed by atoms with van der Waals surface area (Å²) in [6.45, 7) is 6.91. The third-order valence-electron chi connectivity index (χ3n) is 3.54. The van der Waals surface area contributed by atoms with Gasteiger partial charge in [0.15, 0.2) is 5.78 Å². The highest BCUT2D eigenvalue weighted by molar-refractivity contribution is 5.98. The maximum absolute atomic E-state index is 12.4. The molecule has 1 atom stereocenters. The molecular formula is C15H22N2O2. The van der Waals surface area contributed by atoms with Gasteiger partial charge in [0.2, 0.25) is 0 Å². The van der Waals surface area contributed by atoms with Gasteiger partial charge in [0, 0.05) is 44.2 Å². The maximum atomic E-state index is 12.4. The number of hydrogen-bond donors (Lipinski definition) is 1. The molecule has 0 saturated carbocycles. The molecule has 104 valence electrons. The molecule has 4 heteroatoms. The standard InChI is InChI=1S/C15H22N2O2/c1-12(11-17-8-6-16-7-9-17)15(18)13-4-3-5-14(10-13)19-2/h3-5,10,12,16H,6-9,11H2,1-2H3. The Morgan fingerprint density at radius 2 is 2.16 bits per heavy atom. The summed E-state index contributed by atoms with van der Waals surface area (Å²) in [5.41, 5.74) is 0.738. The van der Waals surface area contributed by atoms with E-state index in [1.165, 1.54) is 0 Å². The molecule has 1 aliphatic rings. The molecule has 1 fully saturated rings. The van der Waals surface area contributed by atoms with Crippen LogP contribution in [0.25, 0.3) is 0 Å². The van der Waals surface area contributed by atoms with Crippen LogP contribution in [-0.4, -0.2) is 50.5 Å². The molecule has 2 rings (SSSR count). The van der Waals surface area contributed by atoms with E-state index in [-0.39, 0.29) is 11.7 Å². The van der Waals surface area contributed by atoms with Crippen LogP contribution in [-0.2, 0) is 0 Å². The van der Waals surface area contributed by atoms with Crippen LogP contribution in [0.5, 0.6) is 5.75 Å². The van der Waals surface area contributed by atoms with Crippen molar-refractivity contribution in [3.8, 4) is 5.75 Å². The molecule has 1 N–H and O–H groups in total. The van der Waals surface area contributed by atoms with Gasteiger partial charge in [-0.1, -0.05) is 19.1 Å². The number of ketones is 1. The van der Waals surface area contributed by atoms with Crippen LogP contribution in [0.15, 0.2) is 24.3 Å². The van der Waals surface area contributed by atoms with E-state index in [9.17, 15) is 4.79 Å². The molecule has 1 aliphatic heterocycles. The second-order valence-electron chi connectivity index (χ2n) is 5.05. The van der Waals surface area contributed by atoms with Crippen molar-refractivity contribution in [2.45, 2.75) is 6.92 Å². The summed E-state index contributed by atoms with van der Waals surface area (Å²) in [7, 11) is 1.62.